The van der Waals surface area contributed by atoms with Gasteiger partial charge in [-0.25, -0.2) is 4.98 Å². The summed E-state index contributed by atoms with van der Waals surface area (Å²) in [6.07, 6.45) is 9.74. The fourth-order valence-electron chi connectivity index (χ4n) is 1.81. The normalized spacial score (nSPS) is 19.4. The molecule has 0 bridgehead atoms. The van der Waals surface area contributed by atoms with Gasteiger partial charge in [-0.3, -0.25) is 9.55 Å². The van der Waals surface area contributed by atoms with Crippen LogP contribution in [-0.4, -0.2) is 38.7 Å². The third kappa shape index (κ3) is 2.26. The van der Waals surface area contributed by atoms with Crippen molar-refractivity contribution in [2.45, 2.75) is 12.5 Å². The highest BCUT2D eigenvalue weighted by Crippen LogP contribution is 2.13. The van der Waals surface area contributed by atoms with Gasteiger partial charge >= 0.3 is 0 Å². The molecule has 0 aliphatic carbocycles. The Bertz CT molecular complexity index is 478. The summed E-state index contributed by atoms with van der Waals surface area (Å²) in [5.74, 6) is 1.27. The summed E-state index contributed by atoms with van der Waals surface area (Å²) in [7, 11) is 0. The van der Waals surface area contributed by atoms with Crippen LogP contribution in [0.2, 0.25) is 0 Å². The van der Waals surface area contributed by atoms with Gasteiger partial charge in [-0.1, -0.05) is 0 Å². The van der Waals surface area contributed by atoms with E-state index >= 15 is 0 Å². The number of hydrogen-bond donors (Lipinski definition) is 1. The zero-order valence-electron chi connectivity index (χ0n) is 9.28. The fourth-order valence-corrected chi connectivity index (χ4v) is 1.81. The Hall–Kier alpha value is -1.95. The molecule has 3 heterocycles. The lowest BCUT2D eigenvalue weighted by Gasteiger charge is -2.11. The molecule has 0 spiro atoms. The number of aromatic nitrogens is 4. The van der Waals surface area contributed by atoms with Crippen LogP contribution in [0.5, 0.6) is 5.88 Å². The molecule has 1 aliphatic heterocycles. The largest absolute Gasteiger partial charge is 0.472 e. The molecule has 2 aromatic rings. The number of hydrogen-bond acceptors (Lipinski definition) is 5. The van der Waals surface area contributed by atoms with Crippen LogP contribution >= 0.6 is 0 Å². The van der Waals surface area contributed by atoms with E-state index in [1.54, 1.807) is 29.5 Å². The van der Waals surface area contributed by atoms with Gasteiger partial charge in [-0.05, 0) is 13.0 Å². The van der Waals surface area contributed by atoms with E-state index in [0.717, 1.165) is 19.5 Å². The Kier molecular flexibility index (Phi) is 2.71. The lowest BCUT2D eigenvalue weighted by Crippen LogP contribution is -2.20. The van der Waals surface area contributed by atoms with Gasteiger partial charge in [0.25, 0.3) is 0 Å². The smallest absolute Gasteiger partial charge is 0.234 e. The van der Waals surface area contributed by atoms with E-state index in [2.05, 4.69) is 20.3 Å². The minimum Gasteiger partial charge on any atom is -0.472 e. The second kappa shape index (κ2) is 4.50. The van der Waals surface area contributed by atoms with Crippen LogP contribution in [0.15, 0.2) is 31.1 Å². The van der Waals surface area contributed by atoms with Gasteiger partial charge in [0, 0.05) is 18.9 Å². The van der Waals surface area contributed by atoms with Crippen molar-refractivity contribution < 1.29 is 4.74 Å². The summed E-state index contributed by atoms with van der Waals surface area (Å²) in [4.78, 5) is 12.5. The molecule has 0 saturated carbocycles. The van der Waals surface area contributed by atoms with E-state index in [4.69, 9.17) is 4.74 Å². The second-order valence-electron chi connectivity index (χ2n) is 3.92. The molecule has 1 atom stereocenters. The predicted octanol–water partition coefficient (Wildman–Crippen LogP) is 0.403. The van der Waals surface area contributed by atoms with Gasteiger partial charge < -0.3 is 10.1 Å². The van der Waals surface area contributed by atoms with E-state index in [1.165, 1.54) is 0 Å². The van der Waals surface area contributed by atoms with Crippen LogP contribution in [0.4, 0.5) is 0 Å². The lowest BCUT2D eigenvalue weighted by atomic mass is 10.3. The van der Waals surface area contributed by atoms with Crippen molar-refractivity contribution in [2.24, 2.45) is 0 Å². The van der Waals surface area contributed by atoms with Crippen LogP contribution in [0.25, 0.3) is 5.82 Å². The van der Waals surface area contributed by atoms with Gasteiger partial charge in [0.05, 0.1) is 12.4 Å². The minimum atomic E-state index is 0.197. The highest BCUT2D eigenvalue weighted by Gasteiger charge is 2.16. The van der Waals surface area contributed by atoms with Crippen molar-refractivity contribution in [3.63, 3.8) is 0 Å². The van der Waals surface area contributed by atoms with Crippen molar-refractivity contribution in [1.29, 1.82) is 0 Å². The Labute approximate surface area is 98.7 Å². The summed E-state index contributed by atoms with van der Waals surface area (Å²) in [5.41, 5.74) is 0. The Morgan fingerprint density at radius 1 is 1.35 bits per heavy atom. The van der Waals surface area contributed by atoms with E-state index in [0.29, 0.717) is 11.7 Å². The third-order valence-electron chi connectivity index (χ3n) is 2.67. The molecular weight excluding hydrogens is 218 g/mol. The molecule has 2 aromatic heterocycles. The molecule has 1 saturated heterocycles. The summed E-state index contributed by atoms with van der Waals surface area (Å²) >= 11 is 0. The topological polar surface area (TPSA) is 64.9 Å². The number of ether oxygens (including phenoxy) is 1. The van der Waals surface area contributed by atoms with Crippen molar-refractivity contribution in [3.8, 4) is 11.7 Å². The average Bonchev–Trinajstić information content (AvgIpc) is 3.01. The van der Waals surface area contributed by atoms with Gasteiger partial charge in [-0.15, -0.1) is 0 Å². The molecule has 17 heavy (non-hydrogen) atoms. The molecule has 1 N–H and O–H groups in total. The third-order valence-corrected chi connectivity index (χ3v) is 2.67. The summed E-state index contributed by atoms with van der Waals surface area (Å²) < 4.78 is 7.54. The number of imidazole rings is 1. The number of nitrogens with zero attached hydrogens (tertiary/aromatic N) is 4. The van der Waals surface area contributed by atoms with Crippen molar-refractivity contribution >= 4 is 0 Å². The summed E-state index contributed by atoms with van der Waals surface area (Å²) in [5, 5.41) is 3.25. The van der Waals surface area contributed by atoms with Crippen LogP contribution in [0.3, 0.4) is 0 Å². The van der Waals surface area contributed by atoms with E-state index in [-0.39, 0.29) is 6.10 Å². The first-order valence-electron chi connectivity index (χ1n) is 5.59. The molecule has 6 heteroatoms. The zero-order chi connectivity index (χ0) is 11.5. The quantitative estimate of drug-likeness (QED) is 0.828. The first-order chi connectivity index (χ1) is 8.42. The lowest BCUT2D eigenvalue weighted by molar-refractivity contribution is 0.213. The number of nitrogens with one attached hydrogen (secondary N) is 1. The van der Waals surface area contributed by atoms with Gasteiger partial charge in [0.15, 0.2) is 5.82 Å². The molecule has 0 radical (unpaired) electrons. The Morgan fingerprint density at radius 3 is 3.12 bits per heavy atom. The molecule has 1 aliphatic rings. The molecule has 6 nitrogen and oxygen atoms in total. The highest BCUT2D eigenvalue weighted by atomic mass is 16.5. The fraction of sp³-hybridized carbons (Fsp3) is 0.364. The van der Waals surface area contributed by atoms with Crippen LogP contribution in [0.1, 0.15) is 6.42 Å². The first-order valence-corrected chi connectivity index (χ1v) is 5.59. The maximum absolute atomic E-state index is 5.74. The van der Waals surface area contributed by atoms with E-state index in [9.17, 15) is 0 Å². The predicted molar refractivity (Wildman–Crippen MR) is 61.1 cm³/mol. The summed E-state index contributed by atoms with van der Waals surface area (Å²) in [6, 6.07) is 0. The first kappa shape index (κ1) is 10.2. The average molecular weight is 231 g/mol. The highest BCUT2D eigenvalue weighted by molar-refractivity contribution is 5.22. The molecular formula is C11H13N5O. The van der Waals surface area contributed by atoms with Crippen LogP contribution in [0, 0.1) is 0 Å². The summed E-state index contributed by atoms with van der Waals surface area (Å²) in [6.45, 7) is 1.87. The van der Waals surface area contributed by atoms with Crippen molar-refractivity contribution in [3.05, 3.63) is 31.1 Å². The van der Waals surface area contributed by atoms with Gasteiger partial charge in [0.2, 0.25) is 5.88 Å². The standard InChI is InChI=1S/C11H13N5O/c1-2-12-5-9(1)17-11-7-14-6-10(15-11)16-4-3-13-8-16/h3-4,6-9,12H,1-2,5H2. The maximum Gasteiger partial charge on any atom is 0.234 e. The van der Waals surface area contributed by atoms with E-state index < -0.39 is 0 Å². The molecule has 0 amide bonds. The molecule has 1 fully saturated rings. The van der Waals surface area contributed by atoms with Crippen molar-refractivity contribution in [2.75, 3.05) is 13.1 Å². The van der Waals surface area contributed by atoms with Crippen molar-refractivity contribution in [1.82, 2.24) is 24.8 Å². The molecule has 3 rings (SSSR count). The second-order valence-corrected chi connectivity index (χ2v) is 3.92. The SMILES string of the molecule is c1cn(-c2cncc(OC3CCNC3)n2)cn1. The van der Waals surface area contributed by atoms with Gasteiger partial charge in [-0.2, -0.15) is 4.98 Å². The minimum absolute atomic E-state index is 0.197. The van der Waals surface area contributed by atoms with E-state index in [1.807, 2.05) is 6.20 Å². The molecule has 88 valence electrons. The maximum atomic E-state index is 5.74. The Balaban J connectivity index is 1.79. The monoisotopic (exact) mass is 231 g/mol. The molecule has 0 aromatic carbocycles. The zero-order valence-corrected chi connectivity index (χ0v) is 9.28. The molecule has 1 unspecified atom stereocenters. The van der Waals surface area contributed by atoms with Crippen LogP contribution < -0.4 is 10.1 Å². The Morgan fingerprint density at radius 2 is 2.35 bits per heavy atom. The number of rotatable bonds is 3. The van der Waals surface area contributed by atoms with Gasteiger partial charge in [0.1, 0.15) is 12.4 Å². The van der Waals surface area contributed by atoms with Crippen LogP contribution in [-0.2, 0) is 0 Å².